The van der Waals surface area contributed by atoms with Crippen LogP contribution >= 0.6 is 7.75 Å². The largest absolute Gasteiger partial charge is 0.513 e. The smallest absolute Gasteiger partial charge is 0.465 e. The summed E-state index contributed by atoms with van der Waals surface area (Å²) in [5.74, 6) is -0.523. The Morgan fingerprint density at radius 1 is 0.973 bits per heavy atom. The molecule has 0 amide bonds. The fourth-order valence-corrected chi connectivity index (χ4v) is 5.02. The minimum Gasteiger partial charge on any atom is -0.465 e. The van der Waals surface area contributed by atoms with Gasteiger partial charge in [0.2, 0.25) is 0 Å². The van der Waals surface area contributed by atoms with Crippen molar-refractivity contribution < 1.29 is 32.9 Å². The number of nitrogens with one attached hydrogen (secondary N) is 1. The molecule has 0 radical (unpaired) electrons. The summed E-state index contributed by atoms with van der Waals surface area (Å²) in [5, 5.41) is 4.54. The molecule has 0 aliphatic heterocycles. The summed E-state index contributed by atoms with van der Waals surface area (Å²) in [7, 11) is -2.84. The van der Waals surface area contributed by atoms with E-state index in [0.29, 0.717) is 10.7 Å². The highest BCUT2D eigenvalue weighted by Crippen LogP contribution is 2.47. The Morgan fingerprint density at radius 2 is 1.62 bits per heavy atom. The summed E-state index contributed by atoms with van der Waals surface area (Å²) >= 11 is 0. The Kier molecular flexibility index (Phi) is 8.94. The number of rotatable bonds is 11. The van der Waals surface area contributed by atoms with Crippen molar-refractivity contribution in [3.05, 3.63) is 71.6 Å². The van der Waals surface area contributed by atoms with E-state index in [1.54, 1.807) is 26.0 Å². The number of hydrogen-bond acceptors (Lipinski definition) is 7. The van der Waals surface area contributed by atoms with Gasteiger partial charge in [0.15, 0.2) is 7.11 Å². The quantitative estimate of drug-likeness (QED) is 0.169. The molecule has 3 rings (SSSR count). The normalized spacial score (nSPS) is 14.8. The van der Waals surface area contributed by atoms with E-state index in [0.717, 1.165) is 10.8 Å². The molecular weight excluding hydrogens is 495 g/mol. The molecule has 9 nitrogen and oxygen atoms in total. The topological polar surface area (TPSA) is 103 Å². The number of benzene rings is 3. The van der Waals surface area contributed by atoms with Crippen LogP contribution in [0, 0.1) is 16.2 Å². The number of hydrogen-bond donors (Lipinski definition) is 1. The molecule has 10 heteroatoms. The van der Waals surface area contributed by atoms with Crippen molar-refractivity contribution in [3.63, 3.8) is 0 Å². The van der Waals surface area contributed by atoms with E-state index in [-0.39, 0.29) is 23.5 Å². The SMILES string of the molecule is CO[N+](=O)c1ccc(O[P@](=O)(N[C@@H](C)C(C)C(=O)OCC(C)(C)C)Oc2cccc3ccccc23)cc1. The predicted molar refractivity (Wildman–Crippen MR) is 142 cm³/mol. The Morgan fingerprint density at radius 3 is 2.27 bits per heavy atom. The molecule has 0 heterocycles. The van der Waals surface area contributed by atoms with Crippen molar-refractivity contribution in [1.29, 1.82) is 0 Å². The highest BCUT2D eigenvalue weighted by Gasteiger charge is 2.35. The van der Waals surface area contributed by atoms with Crippen LogP contribution in [0.2, 0.25) is 0 Å². The van der Waals surface area contributed by atoms with Gasteiger partial charge in [-0.3, -0.25) is 4.79 Å². The standard InChI is InChI=1S/C27H34N2O7P/c1-19(26(30)34-18-27(3,4)5)20(2)28-37(32,35-23-16-14-22(15-17-23)29(31)33-6)36-25-13-9-11-21-10-7-8-12-24(21)25/h7-17,19-20H,18H2,1-6H3,(H,28,32)/q+1/t19?,20-,37+/m0/s1. The Balaban J connectivity index is 1.88. The third-order valence-corrected chi connectivity index (χ3v) is 7.15. The first-order valence-electron chi connectivity index (χ1n) is 11.9. The van der Waals surface area contributed by atoms with E-state index in [9.17, 15) is 14.3 Å². The monoisotopic (exact) mass is 529 g/mol. The Hall–Kier alpha value is -3.42. The predicted octanol–water partition coefficient (Wildman–Crippen LogP) is 6.58. The van der Waals surface area contributed by atoms with E-state index >= 15 is 0 Å². The lowest BCUT2D eigenvalue weighted by Crippen LogP contribution is -2.38. The number of fused-ring (bicyclic) bond motifs is 1. The molecule has 37 heavy (non-hydrogen) atoms. The van der Waals surface area contributed by atoms with Crippen molar-refractivity contribution in [2.45, 2.75) is 40.7 Å². The van der Waals surface area contributed by atoms with Gasteiger partial charge >= 0.3 is 19.4 Å². The first-order chi connectivity index (χ1) is 17.4. The molecule has 0 saturated carbocycles. The van der Waals surface area contributed by atoms with Gasteiger partial charge in [0.1, 0.15) is 11.5 Å². The molecule has 3 atom stereocenters. The van der Waals surface area contributed by atoms with Crippen molar-refractivity contribution in [2.24, 2.45) is 11.3 Å². The lowest BCUT2D eigenvalue weighted by Gasteiger charge is -2.27. The van der Waals surface area contributed by atoms with Crippen LogP contribution in [0.15, 0.2) is 66.7 Å². The second-order valence-electron chi connectivity index (χ2n) is 9.97. The zero-order chi connectivity index (χ0) is 27.2. The molecule has 0 spiro atoms. The van der Waals surface area contributed by atoms with Gasteiger partial charge in [0, 0.05) is 23.6 Å². The highest BCUT2D eigenvalue weighted by atomic mass is 31.2. The number of nitrogens with zero attached hydrogens (tertiary/aromatic N) is 1. The van der Waals surface area contributed by atoms with Crippen LogP contribution in [0.1, 0.15) is 34.6 Å². The van der Waals surface area contributed by atoms with E-state index in [4.69, 9.17) is 13.8 Å². The zero-order valence-electron chi connectivity index (χ0n) is 22.0. The van der Waals surface area contributed by atoms with Crippen LogP contribution < -0.4 is 14.1 Å². The molecule has 0 aliphatic carbocycles. The van der Waals surface area contributed by atoms with Crippen molar-refractivity contribution in [1.82, 2.24) is 5.09 Å². The van der Waals surface area contributed by atoms with Gasteiger partial charge < -0.3 is 13.8 Å². The van der Waals surface area contributed by atoms with E-state index in [1.807, 2.05) is 51.1 Å². The number of ether oxygens (including phenoxy) is 1. The second-order valence-corrected chi connectivity index (χ2v) is 11.6. The molecule has 3 aromatic carbocycles. The van der Waals surface area contributed by atoms with Gasteiger partial charge in [0.25, 0.3) is 4.92 Å². The average Bonchev–Trinajstić information content (AvgIpc) is 2.86. The molecule has 0 aromatic heterocycles. The summed E-state index contributed by atoms with van der Waals surface area (Å²) < 4.78 is 31.4. The Bertz CT molecular complexity index is 1280. The van der Waals surface area contributed by atoms with E-state index in [2.05, 4.69) is 9.92 Å². The molecule has 198 valence electrons. The summed E-state index contributed by atoms with van der Waals surface area (Å²) in [4.78, 5) is 29.3. The van der Waals surface area contributed by atoms with E-state index < -0.39 is 25.7 Å². The molecule has 0 aliphatic rings. The van der Waals surface area contributed by atoms with Gasteiger partial charge in [-0.05, 0) is 35.9 Å². The summed E-state index contributed by atoms with van der Waals surface area (Å²) in [5.41, 5.74) is 0.0486. The zero-order valence-corrected chi connectivity index (χ0v) is 22.9. The third-order valence-electron chi connectivity index (χ3n) is 5.54. The third kappa shape index (κ3) is 7.78. The molecular formula is C27H34N2O7P+. The maximum atomic E-state index is 14.1. The number of esters is 1. The number of carbonyl (C=O) groups is 1. The van der Waals surface area contributed by atoms with Crippen molar-refractivity contribution >= 4 is 30.2 Å². The van der Waals surface area contributed by atoms with Gasteiger partial charge in [0.05, 0.1) is 17.4 Å². The van der Waals surface area contributed by atoms with Gasteiger partial charge in [-0.25, -0.2) is 9.40 Å². The summed E-state index contributed by atoms with van der Waals surface area (Å²) in [6.07, 6.45) is 0. The molecule has 3 aromatic rings. The molecule has 1 N–H and O–H groups in total. The fraction of sp³-hybridized carbons (Fsp3) is 0.370. The fourth-order valence-electron chi connectivity index (χ4n) is 3.33. The van der Waals surface area contributed by atoms with Crippen LogP contribution in [0.4, 0.5) is 5.69 Å². The summed E-state index contributed by atoms with van der Waals surface area (Å²) in [6.45, 7) is 9.56. The molecule has 0 saturated heterocycles. The van der Waals surface area contributed by atoms with Gasteiger partial charge in [-0.2, -0.15) is 5.09 Å². The molecule has 0 fully saturated rings. The lowest BCUT2D eigenvalue weighted by atomic mass is 9.98. The second kappa shape index (κ2) is 11.8. The minimum absolute atomic E-state index is 0.184. The van der Waals surface area contributed by atoms with Gasteiger partial charge in [-0.15, -0.1) is 0 Å². The summed E-state index contributed by atoms with van der Waals surface area (Å²) in [6, 6.07) is 18.2. The van der Waals surface area contributed by atoms with Crippen molar-refractivity contribution in [3.8, 4) is 11.5 Å². The van der Waals surface area contributed by atoms with Crippen LogP contribution in [-0.2, 0) is 18.9 Å². The minimum atomic E-state index is -4.10. The molecule has 0 bridgehead atoms. The first kappa shape index (κ1) is 28.2. The molecule has 1 unspecified atom stereocenters. The lowest BCUT2D eigenvalue weighted by molar-refractivity contribution is -0.736. The van der Waals surface area contributed by atoms with Crippen LogP contribution in [0.3, 0.4) is 0 Å². The maximum absolute atomic E-state index is 14.1. The Labute approximate surface area is 217 Å². The maximum Gasteiger partial charge on any atom is 0.513 e. The van der Waals surface area contributed by atoms with Crippen LogP contribution in [-0.4, -0.2) is 30.7 Å². The average molecular weight is 530 g/mol. The van der Waals surface area contributed by atoms with Crippen molar-refractivity contribution in [2.75, 3.05) is 13.7 Å². The van der Waals surface area contributed by atoms with Crippen LogP contribution in [0.25, 0.3) is 10.8 Å². The van der Waals surface area contributed by atoms with Gasteiger partial charge in [-0.1, -0.05) is 64.1 Å². The van der Waals surface area contributed by atoms with Crippen LogP contribution in [0.5, 0.6) is 11.5 Å². The highest BCUT2D eigenvalue weighted by molar-refractivity contribution is 7.52. The van der Waals surface area contributed by atoms with E-state index in [1.165, 1.54) is 31.4 Å². The number of carbonyl (C=O) groups excluding carboxylic acids is 1. The first-order valence-corrected chi connectivity index (χ1v) is 13.5.